The molecule has 0 aliphatic heterocycles. The fourth-order valence-corrected chi connectivity index (χ4v) is 2.49. The number of hydrogen-bond acceptors (Lipinski definition) is 5. The van der Waals surface area contributed by atoms with Gasteiger partial charge >= 0.3 is 0 Å². The quantitative estimate of drug-likeness (QED) is 0.721. The Bertz CT molecular complexity index is 686. The van der Waals surface area contributed by atoms with Crippen molar-refractivity contribution in [1.29, 1.82) is 0 Å². The summed E-state index contributed by atoms with van der Waals surface area (Å²) >= 11 is 1.52. The third-order valence-corrected chi connectivity index (χ3v) is 3.55. The molecule has 94 valence electrons. The number of hydrogen-bond donors (Lipinski definition) is 1. The van der Waals surface area contributed by atoms with E-state index in [2.05, 4.69) is 15.2 Å². The Hall–Kier alpha value is -2.27. The van der Waals surface area contributed by atoms with Crippen LogP contribution in [0.3, 0.4) is 0 Å². The van der Waals surface area contributed by atoms with Crippen LogP contribution in [0.15, 0.2) is 58.8 Å². The second-order valence-corrected chi connectivity index (χ2v) is 5.04. The Morgan fingerprint density at radius 2 is 1.84 bits per heavy atom. The van der Waals surface area contributed by atoms with E-state index in [1.807, 2.05) is 36.4 Å². The second kappa shape index (κ2) is 5.16. The summed E-state index contributed by atoms with van der Waals surface area (Å²) in [4.78, 5) is 4.38. The van der Waals surface area contributed by atoms with E-state index in [1.165, 1.54) is 11.3 Å². The molecule has 0 amide bonds. The van der Waals surface area contributed by atoms with Crippen molar-refractivity contribution < 1.29 is 5.11 Å². The topological polar surface area (TPSA) is 57.8 Å². The maximum absolute atomic E-state index is 9.18. The van der Waals surface area contributed by atoms with Gasteiger partial charge in [0.15, 0.2) is 0 Å². The lowest BCUT2D eigenvalue weighted by molar-refractivity contribution is 0.475. The minimum Gasteiger partial charge on any atom is -0.508 e. The number of benzene rings is 2. The maximum Gasteiger partial charge on any atom is 0.230 e. The SMILES string of the molecule is Oc1ccc(CN=Nc2nc3ccccc3s2)cc1. The van der Waals surface area contributed by atoms with E-state index in [0.29, 0.717) is 11.7 Å². The number of thiazole rings is 1. The van der Waals surface area contributed by atoms with Gasteiger partial charge in [-0.3, -0.25) is 0 Å². The number of aromatic hydroxyl groups is 1. The van der Waals surface area contributed by atoms with Crippen molar-refractivity contribution in [2.24, 2.45) is 10.2 Å². The summed E-state index contributed by atoms with van der Waals surface area (Å²) in [5.74, 6) is 0.256. The van der Waals surface area contributed by atoms with Gasteiger partial charge in [0, 0.05) is 0 Å². The molecule has 0 unspecified atom stereocenters. The van der Waals surface area contributed by atoms with Crippen LogP contribution in [-0.2, 0) is 6.54 Å². The van der Waals surface area contributed by atoms with Crippen LogP contribution in [0.25, 0.3) is 10.2 Å². The van der Waals surface area contributed by atoms with Gasteiger partial charge in [-0.2, -0.15) is 5.11 Å². The summed E-state index contributed by atoms with van der Waals surface area (Å²) in [6, 6.07) is 14.9. The van der Waals surface area contributed by atoms with Crippen molar-refractivity contribution >= 4 is 26.7 Å². The molecule has 0 saturated heterocycles. The van der Waals surface area contributed by atoms with Gasteiger partial charge in [-0.1, -0.05) is 35.6 Å². The lowest BCUT2D eigenvalue weighted by Gasteiger charge is -1.94. The van der Waals surface area contributed by atoms with Gasteiger partial charge in [0.2, 0.25) is 5.13 Å². The van der Waals surface area contributed by atoms with E-state index in [1.54, 1.807) is 12.1 Å². The number of para-hydroxylation sites is 1. The zero-order valence-electron chi connectivity index (χ0n) is 10.0. The van der Waals surface area contributed by atoms with Gasteiger partial charge < -0.3 is 5.11 Å². The number of phenols is 1. The van der Waals surface area contributed by atoms with Crippen LogP contribution < -0.4 is 0 Å². The number of fused-ring (bicyclic) bond motifs is 1. The Morgan fingerprint density at radius 3 is 2.63 bits per heavy atom. The third-order valence-electron chi connectivity index (χ3n) is 2.63. The molecule has 4 nitrogen and oxygen atoms in total. The molecule has 0 aliphatic carbocycles. The first kappa shape index (κ1) is 11.8. The Morgan fingerprint density at radius 1 is 1.05 bits per heavy atom. The summed E-state index contributed by atoms with van der Waals surface area (Å²) in [6.07, 6.45) is 0. The van der Waals surface area contributed by atoms with Gasteiger partial charge in [-0.05, 0) is 29.8 Å². The fourth-order valence-electron chi connectivity index (χ4n) is 1.68. The zero-order valence-corrected chi connectivity index (χ0v) is 10.8. The number of aromatic nitrogens is 1. The molecule has 19 heavy (non-hydrogen) atoms. The summed E-state index contributed by atoms with van der Waals surface area (Å²) < 4.78 is 1.11. The van der Waals surface area contributed by atoms with Crippen molar-refractivity contribution in [2.45, 2.75) is 6.54 Å². The van der Waals surface area contributed by atoms with E-state index in [9.17, 15) is 5.11 Å². The van der Waals surface area contributed by atoms with Crippen LogP contribution in [0, 0.1) is 0 Å². The monoisotopic (exact) mass is 269 g/mol. The van der Waals surface area contributed by atoms with E-state index < -0.39 is 0 Å². The van der Waals surface area contributed by atoms with Crippen LogP contribution in [-0.4, -0.2) is 10.1 Å². The molecule has 1 aromatic heterocycles. The molecule has 5 heteroatoms. The van der Waals surface area contributed by atoms with E-state index in [0.717, 1.165) is 15.8 Å². The largest absolute Gasteiger partial charge is 0.508 e. The van der Waals surface area contributed by atoms with E-state index in [-0.39, 0.29) is 5.75 Å². The van der Waals surface area contributed by atoms with Crippen molar-refractivity contribution in [1.82, 2.24) is 4.98 Å². The molecule has 0 saturated carbocycles. The highest BCUT2D eigenvalue weighted by atomic mass is 32.1. The molecule has 2 aromatic carbocycles. The first-order chi connectivity index (χ1) is 9.31. The van der Waals surface area contributed by atoms with Crippen LogP contribution >= 0.6 is 11.3 Å². The first-order valence-corrected chi connectivity index (χ1v) is 6.64. The molecule has 1 N–H and O–H groups in total. The highest BCUT2D eigenvalue weighted by Gasteiger charge is 2.00. The van der Waals surface area contributed by atoms with E-state index >= 15 is 0 Å². The molecule has 0 spiro atoms. The van der Waals surface area contributed by atoms with Gasteiger partial charge in [0.1, 0.15) is 5.75 Å². The van der Waals surface area contributed by atoms with Gasteiger partial charge in [0.05, 0.1) is 16.8 Å². The second-order valence-electron chi connectivity index (χ2n) is 4.03. The lowest BCUT2D eigenvalue weighted by Crippen LogP contribution is -1.78. The minimum absolute atomic E-state index is 0.256. The molecular weight excluding hydrogens is 258 g/mol. The molecule has 0 atom stereocenters. The highest BCUT2D eigenvalue weighted by Crippen LogP contribution is 2.27. The highest BCUT2D eigenvalue weighted by molar-refractivity contribution is 7.21. The van der Waals surface area contributed by atoms with Gasteiger partial charge in [-0.15, -0.1) is 5.11 Å². The zero-order chi connectivity index (χ0) is 13.1. The van der Waals surface area contributed by atoms with E-state index in [4.69, 9.17) is 0 Å². The molecule has 0 aliphatic rings. The minimum atomic E-state index is 0.256. The first-order valence-electron chi connectivity index (χ1n) is 5.82. The molecule has 3 rings (SSSR count). The van der Waals surface area contributed by atoms with Crippen LogP contribution in [0.1, 0.15) is 5.56 Å². The van der Waals surface area contributed by atoms with Crippen LogP contribution in [0.5, 0.6) is 5.75 Å². The predicted molar refractivity (Wildman–Crippen MR) is 75.9 cm³/mol. The number of rotatable bonds is 3. The molecule has 1 heterocycles. The average Bonchev–Trinajstić information content (AvgIpc) is 2.83. The number of azo groups is 1. The normalized spacial score (nSPS) is 11.4. The lowest BCUT2D eigenvalue weighted by atomic mass is 10.2. The predicted octanol–water partition coefficient (Wildman–Crippen LogP) is 4.29. The molecule has 3 aromatic rings. The molecule has 0 radical (unpaired) electrons. The smallest absolute Gasteiger partial charge is 0.230 e. The third kappa shape index (κ3) is 2.77. The van der Waals surface area contributed by atoms with Crippen molar-refractivity contribution in [2.75, 3.05) is 0 Å². The Balaban J connectivity index is 1.73. The Kier molecular flexibility index (Phi) is 3.20. The van der Waals surface area contributed by atoms with Crippen LogP contribution in [0.2, 0.25) is 0 Å². The molecule has 0 bridgehead atoms. The van der Waals surface area contributed by atoms with Crippen molar-refractivity contribution in [3.8, 4) is 5.75 Å². The van der Waals surface area contributed by atoms with Crippen molar-refractivity contribution in [3.05, 3.63) is 54.1 Å². The summed E-state index contributed by atoms with van der Waals surface area (Å²) in [7, 11) is 0. The van der Waals surface area contributed by atoms with Crippen LogP contribution in [0.4, 0.5) is 5.13 Å². The molecular formula is C14H11N3OS. The van der Waals surface area contributed by atoms with Gasteiger partial charge in [0.25, 0.3) is 0 Å². The maximum atomic E-state index is 9.18. The number of nitrogens with zero attached hydrogens (tertiary/aromatic N) is 3. The summed E-state index contributed by atoms with van der Waals surface area (Å²) in [6.45, 7) is 0.482. The average molecular weight is 269 g/mol. The number of phenolic OH excluding ortho intramolecular Hbond substituents is 1. The van der Waals surface area contributed by atoms with Gasteiger partial charge in [-0.25, -0.2) is 4.98 Å². The standard InChI is InChI=1S/C14H11N3OS/c18-11-7-5-10(6-8-11)9-15-17-14-16-12-3-1-2-4-13(12)19-14/h1-8,18H,9H2. The fraction of sp³-hybridized carbons (Fsp3) is 0.0714. The summed E-state index contributed by atoms with van der Waals surface area (Å²) in [5, 5.41) is 18.1. The van der Waals surface area contributed by atoms with Crippen molar-refractivity contribution in [3.63, 3.8) is 0 Å². The Labute approximate surface area is 114 Å². The molecule has 0 fully saturated rings. The summed E-state index contributed by atoms with van der Waals surface area (Å²) in [5.41, 5.74) is 1.95.